The number of aliphatic hydroxyl groups excluding tert-OH is 1. The second-order valence-corrected chi connectivity index (χ2v) is 7.68. The molecule has 4 atom stereocenters. The van der Waals surface area contributed by atoms with E-state index in [0.29, 0.717) is 12.3 Å². The van der Waals surface area contributed by atoms with Crippen LogP contribution >= 0.6 is 0 Å². The highest BCUT2D eigenvalue weighted by molar-refractivity contribution is 5.72. The smallest absolute Gasteiger partial charge is 0.306 e. The first-order valence-electron chi connectivity index (χ1n) is 7.17. The van der Waals surface area contributed by atoms with Gasteiger partial charge in [0.15, 0.2) is 0 Å². The normalized spacial score (nSPS) is 50.3. The first-order valence-corrected chi connectivity index (χ1v) is 7.17. The maximum atomic E-state index is 11.9. The summed E-state index contributed by atoms with van der Waals surface area (Å²) in [7, 11) is 0. The SMILES string of the molecule is CC1(C)CC(=O)OC23CCC(O)C(C)(CCC12)C3. The van der Waals surface area contributed by atoms with Crippen LogP contribution in [0.3, 0.4) is 0 Å². The Morgan fingerprint density at radius 1 is 1.22 bits per heavy atom. The number of carbonyl (C=O) groups is 1. The molecule has 3 rings (SSSR count). The van der Waals surface area contributed by atoms with Gasteiger partial charge in [0.1, 0.15) is 5.60 Å². The fourth-order valence-corrected chi connectivity index (χ4v) is 4.93. The highest BCUT2D eigenvalue weighted by Gasteiger charge is 2.62. The number of carbonyl (C=O) groups excluding carboxylic acids is 1. The van der Waals surface area contributed by atoms with E-state index in [1.165, 1.54) is 0 Å². The van der Waals surface area contributed by atoms with Crippen LogP contribution in [0, 0.1) is 16.7 Å². The third-order valence-corrected chi connectivity index (χ3v) is 5.85. The number of fused-ring (bicyclic) bond motifs is 1. The summed E-state index contributed by atoms with van der Waals surface area (Å²) >= 11 is 0. The fourth-order valence-electron chi connectivity index (χ4n) is 4.93. The maximum Gasteiger partial charge on any atom is 0.306 e. The van der Waals surface area contributed by atoms with E-state index >= 15 is 0 Å². The number of aliphatic hydroxyl groups is 1. The van der Waals surface area contributed by atoms with Crippen LogP contribution in [0.15, 0.2) is 0 Å². The predicted molar refractivity (Wildman–Crippen MR) is 67.9 cm³/mol. The third kappa shape index (κ3) is 1.56. The molecule has 0 radical (unpaired) electrons. The summed E-state index contributed by atoms with van der Waals surface area (Å²) in [6, 6.07) is 0. The molecule has 0 aromatic carbocycles. The molecule has 1 saturated heterocycles. The highest BCUT2D eigenvalue weighted by atomic mass is 16.6. The Labute approximate surface area is 109 Å². The summed E-state index contributed by atoms with van der Waals surface area (Å²) in [4.78, 5) is 11.9. The van der Waals surface area contributed by atoms with Crippen molar-refractivity contribution < 1.29 is 14.6 Å². The van der Waals surface area contributed by atoms with Gasteiger partial charge in [0, 0.05) is 5.92 Å². The number of ether oxygens (including phenoxy) is 1. The van der Waals surface area contributed by atoms with Crippen LogP contribution in [0.1, 0.15) is 59.3 Å². The molecular weight excluding hydrogens is 228 g/mol. The fraction of sp³-hybridized carbons (Fsp3) is 0.933. The van der Waals surface area contributed by atoms with Gasteiger partial charge in [0.2, 0.25) is 0 Å². The topological polar surface area (TPSA) is 46.5 Å². The monoisotopic (exact) mass is 252 g/mol. The van der Waals surface area contributed by atoms with Crippen molar-refractivity contribution in [2.75, 3.05) is 0 Å². The molecule has 1 heterocycles. The molecule has 1 N–H and O–H groups in total. The Kier molecular flexibility index (Phi) is 2.42. The van der Waals surface area contributed by atoms with Gasteiger partial charge in [0.05, 0.1) is 12.5 Å². The second-order valence-electron chi connectivity index (χ2n) is 7.68. The standard InChI is InChI=1S/C15H24O3/c1-13(2)8-12(17)18-15-7-5-11(16)14(3,9-15)6-4-10(13)15/h10-11,16H,4-9H2,1-3H3. The van der Waals surface area contributed by atoms with Crippen LogP contribution < -0.4 is 0 Å². The lowest BCUT2D eigenvalue weighted by atomic mass is 9.50. The zero-order chi connectivity index (χ0) is 13.2. The van der Waals surface area contributed by atoms with E-state index in [-0.39, 0.29) is 28.5 Å². The Hall–Kier alpha value is -0.570. The van der Waals surface area contributed by atoms with Gasteiger partial charge in [-0.1, -0.05) is 20.8 Å². The lowest BCUT2D eigenvalue weighted by Crippen LogP contribution is -2.63. The molecule has 0 amide bonds. The minimum Gasteiger partial charge on any atom is -0.459 e. The first kappa shape index (κ1) is 12.5. The van der Waals surface area contributed by atoms with Gasteiger partial charge in [-0.15, -0.1) is 0 Å². The van der Waals surface area contributed by atoms with Crippen molar-refractivity contribution in [2.24, 2.45) is 16.7 Å². The molecule has 4 unspecified atom stereocenters. The van der Waals surface area contributed by atoms with Crippen molar-refractivity contribution in [3.63, 3.8) is 0 Å². The van der Waals surface area contributed by atoms with Gasteiger partial charge in [-0.25, -0.2) is 0 Å². The molecule has 2 bridgehead atoms. The van der Waals surface area contributed by atoms with Crippen LogP contribution in [0.4, 0.5) is 0 Å². The lowest BCUT2D eigenvalue weighted by molar-refractivity contribution is -0.235. The molecule has 3 fully saturated rings. The number of hydrogen-bond acceptors (Lipinski definition) is 3. The summed E-state index contributed by atoms with van der Waals surface area (Å²) in [5, 5.41) is 10.2. The predicted octanol–water partition coefficient (Wildman–Crippen LogP) is 2.66. The number of hydrogen-bond donors (Lipinski definition) is 1. The summed E-state index contributed by atoms with van der Waals surface area (Å²) in [5.74, 6) is 0.417. The molecule has 1 spiro atoms. The van der Waals surface area contributed by atoms with Gasteiger partial charge >= 0.3 is 5.97 Å². The molecule has 0 aromatic rings. The van der Waals surface area contributed by atoms with Crippen molar-refractivity contribution in [2.45, 2.75) is 71.0 Å². The molecule has 2 saturated carbocycles. The van der Waals surface area contributed by atoms with Crippen LogP contribution in [0.5, 0.6) is 0 Å². The van der Waals surface area contributed by atoms with Gasteiger partial charge in [-0.3, -0.25) is 4.79 Å². The van der Waals surface area contributed by atoms with Crippen LogP contribution in [-0.4, -0.2) is 22.8 Å². The largest absolute Gasteiger partial charge is 0.459 e. The quantitative estimate of drug-likeness (QED) is 0.674. The van der Waals surface area contributed by atoms with Crippen molar-refractivity contribution >= 4 is 5.97 Å². The van der Waals surface area contributed by atoms with E-state index in [2.05, 4.69) is 20.8 Å². The van der Waals surface area contributed by atoms with E-state index in [4.69, 9.17) is 4.74 Å². The third-order valence-electron chi connectivity index (χ3n) is 5.85. The minimum atomic E-state index is -0.287. The van der Waals surface area contributed by atoms with Gasteiger partial charge in [0.25, 0.3) is 0 Å². The Bertz CT molecular complexity index is 389. The average Bonchev–Trinajstić information content (AvgIpc) is 2.21. The number of rotatable bonds is 0. The summed E-state index contributed by atoms with van der Waals surface area (Å²) in [5.41, 5.74) is -0.299. The van der Waals surface area contributed by atoms with Crippen LogP contribution in [0.2, 0.25) is 0 Å². The lowest BCUT2D eigenvalue weighted by Gasteiger charge is -2.61. The Morgan fingerprint density at radius 2 is 1.94 bits per heavy atom. The first-order chi connectivity index (χ1) is 8.28. The molecule has 1 aliphatic heterocycles. The van der Waals surface area contributed by atoms with E-state index in [9.17, 15) is 9.90 Å². The molecule has 3 heteroatoms. The molecule has 18 heavy (non-hydrogen) atoms. The second kappa shape index (κ2) is 3.50. The van der Waals surface area contributed by atoms with Gasteiger partial charge in [-0.2, -0.15) is 0 Å². The average molecular weight is 252 g/mol. The van der Waals surface area contributed by atoms with Crippen molar-refractivity contribution in [3.8, 4) is 0 Å². The molecule has 2 aliphatic carbocycles. The maximum absolute atomic E-state index is 11.9. The summed E-state index contributed by atoms with van der Waals surface area (Å²) < 4.78 is 5.85. The van der Waals surface area contributed by atoms with Crippen molar-refractivity contribution in [3.05, 3.63) is 0 Å². The van der Waals surface area contributed by atoms with E-state index in [1.54, 1.807) is 0 Å². The van der Waals surface area contributed by atoms with E-state index in [1.807, 2.05) is 0 Å². The van der Waals surface area contributed by atoms with Gasteiger partial charge in [-0.05, 0) is 42.9 Å². The van der Waals surface area contributed by atoms with E-state index in [0.717, 1.165) is 32.1 Å². The molecule has 3 aliphatic rings. The molecule has 0 aromatic heterocycles. The Balaban J connectivity index is 1.99. The van der Waals surface area contributed by atoms with Crippen LogP contribution in [0.25, 0.3) is 0 Å². The zero-order valence-electron chi connectivity index (χ0n) is 11.7. The minimum absolute atomic E-state index is 0.0406. The molecule has 102 valence electrons. The summed E-state index contributed by atoms with van der Waals surface area (Å²) in [6.07, 6.45) is 4.91. The zero-order valence-corrected chi connectivity index (χ0v) is 11.7. The van der Waals surface area contributed by atoms with Crippen molar-refractivity contribution in [1.82, 2.24) is 0 Å². The van der Waals surface area contributed by atoms with E-state index < -0.39 is 0 Å². The van der Waals surface area contributed by atoms with Gasteiger partial charge < -0.3 is 9.84 Å². The van der Waals surface area contributed by atoms with Crippen molar-refractivity contribution in [1.29, 1.82) is 0 Å². The number of esters is 1. The highest BCUT2D eigenvalue weighted by Crippen LogP contribution is 2.61. The molecule has 3 nitrogen and oxygen atoms in total. The summed E-state index contributed by atoms with van der Waals surface area (Å²) in [6.45, 7) is 6.56. The molecular formula is C15H24O3. The van der Waals surface area contributed by atoms with Crippen LogP contribution in [-0.2, 0) is 9.53 Å². The Morgan fingerprint density at radius 3 is 2.67 bits per heavy atom.